The van der Waals surface area contributed by atoms with Crippen molar-refractivity contribution in [1.29, 1.82) is 0 Å². The Hall–Kier alpha value is -1.24. The Balaban J connectivity index is 1.57. The molecule has 2 aromatic rings. The van der Waals surface area contributed by atoms with Crippen molar-refractivity contribution < 1.29 is 4.39 Å². The predicted octanol–water partition coefficient (Wildman–Crippen LogP) is 2.70. The fourth-order valence-corrected chi connectivity index (χ4v) is 2.98. The molecule has 0 amide bonds. The third-order valence-electron chi connectivity index (χ3n) is 3.43. The van der Waals surface area contributed by atoms with Crippen LogP contribution < -0.4 is 10.2 Å². The molecule has 4 nitrogen and oxygen atoms in total. The van der Waals surface area contributed by atoms with Crippen LogP contribution in [0, 0.1) is 5.82 Å². The van der Waals surface area contributed by atoms with Gasteiger partial charge in [0, 0.05) is 36.7 Å². The number of anilines is 1. The van der Waals surface area contributed by atoms with Crippen molar-refractivity contribution in [1.82, 2.24) is 14.9 Å². The quantitative estimate of drug-likeness (QED) is 0.942. The molecule has 1 aromatic carbocycles. The molecule has 2 heterocycles. The van der Waals surface area contributed by atoms with Crippen LogP contribution in [-0.4, -0.2) is 28.7 Å². The van der Waals surface area contributed by atoms with Gasteiger partial charge in [-0.2, -0.15) is 0 Å². The number of hydrogen-bond donors (Lipinski definition) is 1. The first-order chi connectivity index (χ1) is 9.72. The second-order valence-electron chi connectivity index (χ2n) is 4.81. The molecule has 3 rings (SSSR count). The van der Waals surface area contributed by atoms with Gasteiger partial charge in [-0.05, 0) is 36.2 Å². The van der Waals surface area contributed by atoms with Crippen molar-refractivity contribution in [2.45, 2.75) is 19.0 Å². The molecule has 1 aromatic heterocycles. The zero-order chi connectivity index (χ0) is 13.9. The second-order valence-corrected chi connectivity index (χ2v) is 5.82. The first kappa shape index (κ1) is 13.7. The van der Waals surface area contributed by atoms with E-state index < -0.39 is 0 Å². The van der Waals surface area contributed by atoms with Gasteiger partial charge in [-0.25, -0.2) is 4.39 Å². The fraction of sp³-hybridized carbons (Fsp3) is 0.385. The highest BCUT2D eigenvalue weighted by atomic mass is 35.5. The van der Waals surface area contributed by atoms with E-state index in [0.29, 0.717) is 6.04 Å². The van der Waals surface area contributed by atoms with Crippen LogP contribution in [0.2, 0.25) is 5.02 Å². The van der Waals surface area contributed by atoms with E-state index in [1.54, 1.807) is 12.1 Å². The minimum atomic E-state index is -0.375. The molecule has 106 valence electrons. The maximum Gasteiger partial charge on any atom is 0.141 e. The molecule has 1 saturated heterocycles. The van der Waals surface area contributed by atoms with Crippen molar-refractivity contribution in [3.63, 3.8) is 0 Å². The maximum absolute atomic E-state index is 13.2. The van der Waals surface area contributed by atoms with E-state index in [4.69, 9.17) is 11.6 Å². The Labute approximate surface area is 125 Å². The van der Waals surface area contributed by atoms with Gasteiger partial charge in [-0.3, -0.25) is 0 Å². The van der Waals surface area contributed by atoms with Gasteiger partial charge < -0.3 is 10.2 Å². The lowest BCUT2D eigenvalue weighted by Gasteiger charge is -2.19. The summed E-state index contributed by atoms with van der Waals surface area (Å²) in [6.45, 7) is 2.56. The number of nitrogens with one attached hydrogen (secondary N) is 1. The SMILES string of the molecule is Fc1ccc(N2CC[C@@H](NCc3csnn3)C2)cc1Cl. The van der Waals surface area contributed by atoms with Gasteiger partial charge in [0.15, 0.2) is 0 Å². The van der Waals surface area contributed by atoms with Gasteiger partial charge in [0.25, 0.3) is 0 Å². The van der Waals surface area contributed by atoms with Crippen LogP contribution in [0.25, 0.3) is 0 Å². The lowest BCUT2D eigenvalue weighted by atomic mass is 10.2. The summed E-state index contributed by atoms with van der Waals surface area (Å²) in [6.07, 6.45) is 1.05. The molecule has 1 fully saturated rings. The molecule has 7 heteroatoms. The maximum atomic E-state index is 13.2. The molecule has 20 heavy (non-hydrogen) atoms. The van der Waals surface area contributed by atoms with E-state index in [-0.39, 0.29) is 10.8 Å². The number of benzene rings is 1. The van der Waals surface area contributed by atoms with E-state index in [2.05, 4.69) is 19.8 Å². The summed E-state index contributed by atoms with van der Waals surface area (Å²) < 4.78 is 17.0. The van der Waals surface area contributed by atoms with E-state index in [9.17, 15) is 4.39 Å². The van der Waals surface area contributed by atoms with Crippen LogP contribution in [0.3, 0.4) is 0 Å². The van der Waals surface area contributed by atoms with Crippen molar-refractivity contribution in [3.8, 4) is 0 Å². The van der Waals surface area contributed by atoms with Crippen LogP contribution in [-0.2, 0) is 6.54 Å². The molecule has 0 saturated carbocycles. The van der Waals surface area contributed by atoms with E-state index in [0.717, 1.165) is 37.4 Å². The van der Waals surface area contributed by atoms with Crippen LogP contribution in [0.15, 0.2) is 23.6 Å². The van der Waals surface area contributed by atoms with Crippen molar-refractivity contribution in [2.24, 2.45) is 0 Å². The number of nitrogens with zero attached hydrogens (tertiary/aromatic N) is 3. The molecule has 0 radical (unpaired) electrons. The Morgan fingerprint density at radius 2 is 2.40 bits per heavy atom. The molecule has 1 N–H and O–H groups in total. The molecule has 0 spiro atoms. The summed E-state index contributed by atoms with van der Waals surface area (Å²) >= 11 is 7.19. The Morgan fingerprint density at radius 1 is 1.50 bits per heavy atom. The van der Waals surface area contributed by atoms with Crippen molar-refractivity contribution in [3.05, 3.63) is 40.1 Å². The lowest BCUT2D eigenvalue weighted by molar-refractivity contribution is 0.545. The second kappa shape index (κ2) is 6.03. The standard InChI is InChI=1S/C13H14ClFN4S/c14-12-5-11(1-2-13(12)15)19-4-3-9(7-19)16-6-10-8-20-18-17-10/h1-2,5,8-9,16H,3-4,6-7H2/t9-/m1/s1. The largest absolute Gasteiger partial charge is 0.370 e. The summed E-state index contributed by atoms with van der Waals surface area (Å²) in [7, 11) is 0. The number of aromatic nitrogens is 2. The van der Waals surface area contributed by atoms with Crippen molar-refractivity contribution in [2.75, 3.05) is 18.0 Å². The molecular formula is C13H14ClFN4S. The highest BCUT2D eigenvalue weighted by molar-refractivity contribution is 7.03. The van der Waals surface area contributed by atoms with E-state index in [1.165, 1.54) is 17.6 Å². The van der Waals surface area contributed by atoms with E-state index >= 15 is 0 Å². The summed E-state index contributed by atoms with van der Waals surface area (Å²) in [6, 6.07) is 5.28. The number of hydrogen-bond acceptors (Lipinski definition) is 5. The first-order valence-electron chi connectivity index (χ1n) is 6.41. The van der Waals surface area contributed by atoms with Gasteiger partial charge in [-0.15, -0.1) is 5.10 Å². The fourth-order valence-electron chi connectivity index (χ4n) is 2.35. The summed E-state index contributed by atoms with van der Waals surface area (Å²) in [4.78, 5) is 2.21. The van der Waals surface area contributed by atoms with Gasteiger partial charge in [0.05, 0.1) is 10.7 Å². The zero-order valence-electron chi connectivity index (χ0n) is 10.7. The predicted molar refractivity (Wildman–Crippen MR) is 78.8 cm³/mol. The van der Waals surface area contributed by atoms with Crippen molar-refractivity contribution >= 4 is 28.8 Å². The number of halogens is 2. The molecule has 1 aliphatic rings. The van der Waals surface area contributed by atoms with Gasteiger partial charge in [0.2, 0.25) is 0 Å². The normalized spacial score (nSPS) is 18.7. The van der Waals surface area contributed by atoms with Gasteiger partial charge in [-0.1, -0.05) is 16.1 Å². The first-order valence-corrected chi connectivity index (χ1v) is 7.63. The molecule has 1 aliphatic heterocycles. The summed E-state index contributed by atoms with van der Waals surface area (Å²) in [5.74, 6) is -0.375. The minimum absolute atomic E-state index is 0.174. The topological polar surface area (TPSA) is 41.0 Å². The van der Waals surface area contributed by atoms with Crippen LogP contribution in [0.1, 0.15) is 12.1 Å². The van der Waals surface area contributed by atoms with Gasteiger partial charge in [0.1, 0.15) is 5.82 Å². The third kappa shape index (κ3) is 3.08. The highest BCUT2D eigenvalue weighted by Crippen LogP contribution is 2.25. The van der Waals surface area contributed by atoms with Gasteiger partial charge >= 0.3 is 0 Å². The van der Waals surface area contributed by atoms with Crippen LogP contribution in [0.5, 0.6) is 0 Å². The Morgan fingerprint density at radius 3 is 3.15 bits per heavy atom. The van der Waals surface area contributed by atoms with E-state index in [1.807, 2.05) is 5.38 Å². The Bertz CT molecular complexity index is 578. The summed E-state index contributed by atoms with van der Waals surface area (Å²) in [5, 5.41) is 9.59. The number of rotatable bonds is 4. The van der Waals surface area contributed by atoms with Crippen LogP contribution in [0.4, 0.5) is 10.1 Å². The lowest BCUT2D eigenvalue weighted by Crippen LogP contribution is -2.32. The van der Waals surface area contributed by atoms with Crippen LogP contribution >= 0.6 is 23.1 Å². The summed E-state index contributed by atoms with van der Waals surface area (Å²) in [5.41, 5.74) is 1.94. The highest BCUT2D eigenvalue weighted by Gasteiger charge is 2.22. The molecule has 1 atom stereocenters. The monoisotopic (exact) mass is 312 g/mol. The molecule has 0 bridgehead atoms. The average Bonchev–Trinajstić information content (AvgIpc) is 3.10. The Kier molecular flexibility index (Phi) is 4.14. The molecule has 0 aliphatic carbocycles. The minimum Gasteiger partial charge on any atom is -0.370 e. The zero-order valence-corrected chi connectivity index (χ0v) is 12.3. The molecule has 0 unspecified atom stereocenters. The third-order valence-corrected chi connectivity index (χ3v) is 4.28. The smallest absolute Gasteiger partial charge is 0.141 e. The molecular weight excluding hydrogens is 299 g/mol. The average molecular weight is 313 g/mol.